The van der Waals surface area contributed by atoms with Gasteiger partial charge in [-0.3, -0.25) is 9.59 Å². The number of aryl methyl sites for hydroxylation is 1. The Labute approximate surface area is 146 Å². The number of carbonyl (C=O) groups is 2. The highest BCUT2D eigenvalue weighted by atomic mass is 16.7. The van der Waals surface area contributed by atoms with Crippen LogP contribution < -0.4 is 20.1 Å². The number of amides is 2. The number of fused-ring (bicyclic) bond motifs is 1. The van der Waals surface area contributed by atoms with Gasteiger partial charge in [0.15, 0.2) is 11.5 Å². The van der Waals surface area contributed by atoms with E-state index in [9.17, 15) is 9.59 Å². The van der Waals surface area contributed by atoms with Gasteiger partial charge in [0.05, 0.1) is 0 Å². The summed E-state index contributed by atoms with van der Waals surface area (Å²) in [7, 11) is 0. The van der Waals surface area contributed by atoms with Crippen molar-refractivity contribution in [3.8, 4) is 11.5 Å². The van der Waals surface area contributed by atoms with Gasteiger partial charge in [-0.05, 0) is 30.2 Å². The molecule has 0 bridgehead atoms. The highest BCUT2D eigenvalue weighted by Crippen LogP contribution is 2.32. The van der Waals surface area contributed by atoms with Crippen LogP contribution in [0.1, 0.15) is 22.3 Å². The van der Waals surface area contributed by atoms with Gasteiger partial charge in [-0.2, -0.15) is 0 Å². The number of ether oxygens (including phenoxy) is 2. The van der Waals surface area contributed by atoms with E-state index in [1.165, 1.54) is 0 Å². The van der Waals surface area contributed by atoms with Crippen LogP contribution in [0, 0.1) is 0 Å². The van der Waals surface area contributed by atoms with Crippen LogP contribution in [0.2, 0.25) is 0 Å². The largest absolute Gasteiger partial charge is 0.454 e. The molecule has 2 aromatic carbocycles. The van der Waals surface area contributed by atoms with Crippen LogP contribution >= 0.6 is 0 Å². The Hall–Kier alpha value is -3.02. The first kappa shape index (κ1) is 16.8. The summed E-state index contributed by atoms with van der Waals surface area (Å²) in [5.74, 6) is 0.974. The molecule has 1 aliphatic rings. The molecule has 0 saturated carbocycles. The molecule has 6 nitrogen and oxygen atoms in total. The van der Waals surface area contributed by atoms with E-state index in [1.54, 1.807) is 18.2 Å². The maximum Gasteiger partial charge on any atom is 0.251 e. The third-order valence-electron chi connectivity index (χ3n) is 3.85. The van der Waals surface area contributed by atoms with Gasteiger partial charge in [-0.25, -0.2) is 0 Å². The maximum atomic E-state index is 12.1. The first-order chi connectivity index (χ1) is 12.2. The molecule has 130 valence electrons. The lowest BCUT2D eigenvalue weighted by atomic mass is 10.1. The Morgan fingerprint density at radius 1 is 0.920 bits per heavy atom. The van der Waals surface area contributed by atoms with Crippen LogP contribution in [0.4, 0.5) is 0 Å². The number of benzene rings is 2. The normalized spacial score (nSPS) is 11.8. The topological polar surface area (TPSA) is 76.7 Å². The third-order valence-corrected chi connectivity index (χ3v) is 3.85. The Balaban J connectivity index is 1.35. The monoisotopic (exact) mass is 340 g/mol. The fourth-order valence-electron chi connectivity index (χ4n) is 2.51. The minimum absolute atomic E-state index is 0.0267. The molecule has 1 aliphatic heterocycles. The summed E-state index contributed by atoms with van der Waals surface area (Å²) in [5.41, 5.74) is 1.63. The van der Waals surface area contributed by atoms with Crippen molar-refractivity contribution < 1.29 is 19.1 Å². The van der Waals surface area contributed by atoms with Gasteiger partial charge in [0.25, 0.3) is 5.91 Å². The molecule has 0 saturated heterocycles. The molecule has 2 amide bonds. The molecule has 0 aliphatic carbocycles. The molecular formula is C19H20N2O4. The third kappa shape index (κ3) is 4.73. The SMILES string of the molecule is O=C(CCc1ccccc1)NCCNC(=O)c1ccc2c(c1)OCO2. The van der Waals surface area contributed by atoms with Crippen LogP contribution in [-0.4, -0.2) is 31.7 Å². The second kappa shape index (κ2) is 8.19. The van der Waals surface area contributed by atoms with Crippen LogP contribution in [0.25, 0.3) is 0 Å². The lowest BCUT2D eigenvalue weighted by Crippen LogP contribution is -2.34. The number of hydrogen-bond acceptors (Lipinski definition) is 4. The van der Waals surface area contributed by atoms with Crippen molar-refractivity contribution in [1.29, 1.82) is 0 Å². The van der Waals surface area contributed by atoms with Crippen molar-refractivity contribution in [3.63, 3.8) is 0 Å². The van der Waals surface area contributed by atoms with Gasteiger partial charge in [0, 0.05) is 25.1 Å². The Morgan fingerprint density at radius 2 is 1.68 bits per heavy atom. The van der Waals surface area contributed by atoms with Gasteiger partial charge in [-0.15, -0.1) is 0 Å². The zero-order valence-electron chi connectivity index (χ0n) is 13.8. The van der Waals surface area contributed by atoms with Crippen molar-refractivity contribution in [1.82, 2.24) is 10.6 Å². The van der Waals surface area contributed by atoms with Crippen LogP contribution in [0.5, 0.6) is 11.5 Å². The lowest BCUT2D eigenvalue weighted by molar-refractivity contribution is -0.121. The summed E-state index contributed by atoms with van der Waals surface area (Å²) in [4.78, 5) is 23.9. The van der Waals surface area contributed by atoms with E-state index in [-0.39, 0.29) is 18.6 Å². The van der Waals surface area contributed by atoms with Gasteiger partial charge in [0.1, 0.15) is 0 Å². The molecular weight excluding hydrogens is 320 g/mol. The number of carbonyl (C=O) groups excluding carboxylic acids is 2. The zero-order valence-corrected chi connectivity index (χ0v) is 13.8. The highest BCUT2D eigenvalue weighted by molar-refractivity contribution is 5.94. The molecule has 0 fully saturated rings. The highest BCUT2D eigenvalue weighted by Gasteiger charge is 2.15. The first-order valence-electron chi connectivity index (χ1n) is 8.21. The van der Waals surface area contributed by atoms with Crippen LogP contribution in [0.3, 0.4) is 0 Å². The van der Waals surface area contributed by atoms with E-state index in [2.05, 4.69) is 10.6 Å². The van der Waals surface area contributed by atoms with E-state index in [0.29, 0.717) is 43.0 Å². The predicted octanol–water partition coefficient (Wildman–Crippen LogP) is 1.89. The summed E-state index contributed by atoms with van der Waals surface area (Å²) in [6.45, 7) is 0.934. The van der Waals surface area contributed by atoms with Crippen molar-refractivity contribution >= 4 is 11.8 Å². The van der Waals surface area contributed by atoms with Crippen molar-refractivity contribution in [3.05, 3.63) is 59.7 Å². The van der Waals surface area contributed by atoms with Gasteiger partial charge < -0.3 is 20.1 Å². The van der Waals surface area contributed by atoms with Gasteiger partial charge in [-0.1, -0.05) is 30.3 Å². The van der Waals surface area contributed by atoms with Crippen molar-refractivity contribution in [2.45, 2.75) is 12.8 Å². The van der Waals surface area contributed by atoms with E-state index in [1.807, 2.05) is 30.3 Å². The second-order valence-electron chi connectivity index (χ2n) is 5.66. The first-order valence-corrected chi connectivity index (χ1v) is 8.21. The predicted molar refractivity (Wildman–Crippen MR) is 92.7 cm³/mol. The van der Waals surface area contributed by atoms with Crippen LogP contribution in [-0.2, 0) is 11.2 Å². The Morgan fingerprint density at radius 3 is 2.52 bits per heavy atom. The smallest absolute Gasteiger partial charge is 0.251 e. The maximum absolute atomic E-state index is 12.1. The molecule has 1 heterocycles. The molecule has 0 radical (unpaired) electrons. The molecule has 0 spiro atoms. The van der Waals surface area contributed by atoms with E-state index >= 15 is 0 Å². The minimum Gasteiger partial charge on any atom is -0.454 e. The standard InChI is InChI=1S/C19H20N2O4/c22-18(9-6-14-4-2-1-3-5-14)20-10-11-21-19(23)15-7-8-16-17(12-15)25-13-24-16/h1-5,7-8,12H,6,9-11,13H2,(H,20,22)(H,21,23). The van der Waals surface area contributed by atoms with Crippen LogP contribution in [0.15, 0.2) is 48.5 Å². The summed E-state index contributed by atoms with van der Waals surface area (Å²) >= 11 is 0. The number of hydrogen-bond donors (Lipinski definition) is 2. The zero-order chi connectivity index (χ0) is 17.5. The van der Waals surface area contributed by atoms with E-state index in [4.69, 9.17) is 9.47 Å². The molecule has 6 heteroatoms. The molecule has 2 aromatic rings. The summed E-state index contributed by atoms with van der Waals surface area (Å²) in [5, 5.41) is 5.57. The molecule has 0 atom stereocenters. The summed E-state index contributed by atoms with van der Waals surface area (Å²) in [6.07, 6.45) is 1.14. The average molecular weight is 340 g/mol. The number of nitrogens with one attached hydrogen (secondary N) is 2. The van der Waals surface area contributed by atoms with Crippen molar-refractivity contribution in [2.24, 2.45) is 0 Å². The Bertz CT molecular complexity index is 746. The molecule has 25 heavy (non-hydrogen) atoms. The second-order valence-corrected chi connectivity index (χ2v) is 5.66. The lowest BCUT2D eigenvalue weighted by Gasteiger charge is -2.08. The molecule has 2 N–H and O–H groups in total. The van der Waals surface area contributed by atoms with Gasteiger partial charge >= 0.3 is 0 Å². The number of rotatable bonds is 7. The quantitative estimate of drug-likeness (QED) is 0.755. The van der Waals surface area contributed by atoms with E-state index in [0.717, 1.165) is 5.56 Å². The van der Waals surface area contributed by atoms with Gasteiger partial charge in [0.2, 0.25) is 12.7 Å². The summed E-state index contributed by atoms with van der Waals surface area (Å²) in [6, 6.07) is 14.9. The fraction of sp³-hybridized carbons (Fsp3) is 0.263. The average Bonchev–Trinajstić information content (AvgIpc) is 3.12. The Kier molecular flexibility index (Phi) is 5.51. The molecule has 0 aromatic heterocycles. The molecule has 3 rings (SSSR count). The fourth-order valence-corrected chi connectivity index (χ4v) is 2.51. The molecule has 0 unspecified atom stereocenters. The summed E-state index contributed by atoms with van der Waals surface area (Å²) < 4.78 is 10.5. The van der Waals surface area contributed by atoms with Crippen molar-refractivity contribution in [2.75, 3.05) is 19.9 Å². The minimum atomic E-state index is -0.211. The van der Waals surface area contributed by atoms with E-state index < -0.39 is 0 Å².